The van der Waals surface area contributed by atoms with Gasteiger partial charge < -0.3 is 24.6 Å². The van der Waals surface area contributed by atoms with E-state index in [-0.39, 0.29) is 12.1 Å². The molecule has 30 heavy (non-hydrogen) atoms. The lowest BCUT2D eigenvalue weighted by atomic mass is 9.96. The predicted octanol–water partition coefficient (Wildman–Crippen LogP) is 3.70. The molecule has 1 atom stereocenters. The van der Waals surface area contributed by atoms with E-state index in [0.717, 1.165) is 49.5 Å². The summed E-state index contributed by atoms with van der Waals surface area (Å²) >= 11 is 0. The second kappa shape index (κ2) is 9.28. The number of urea groups is 1. The number of hydrogen-bond donors (Lipinski definition) is 1. The minimum atomic E-state index is -0.0145. The summed E-state index contributed by atoms with van der Waals surface area (Å²) < 4.78 is 11.7. The number of nitrogens with zero attached hydrogens (tertiary/aromatic N) is 2. The molecule has 6 nitrogen and oxygen atoms in total. The van der Waals surface area contributed by atoms with Gasteiger partial charge in [0.05, 0.1) is 19.3 Å². The quantitative estimate of drug-likeness (QED) is 0.791. The predicted molar refractivity (Wildman–Crippen MR) is 119 cm³/mol. The Morgan fingerprint density at radius 2 is 1.90 bits per heavy atom. The molecule has 0 bridgehead atoms. The largest absolute Gasteiger partial charge is 0.493 e. The maximum atomic E-state index is 12.5. The summed E-state index contributed by atoms with van der Waals surface area (Å²) in [7, 11) is 3.38. The lowest BCUT2D eigenvalue weighted by molar-refractivity contribution is 0.116. The molecule has 160 valence electrons. The molecule has 6 heteroatoms. The van der Waals surface area contributed by atoms with Gasteiger partial charge in [0, 0.05) is 38.4 Å². The summed E-state index contributed by atoms with van der Waals surface area (Å²) in [6.45, 7) is 2.24. The Morgan fingerprint density at radius 1 is 1.10 bits per heavy atom. The number of methoxy groups -OCH3 is 1. The van der Waals surface area contributed by atoms with Crippen molar-refractivity contribution >= 4 is 11.7 Å². The fraction of sp³-hybridized carbons (Fsp3) is 0.458. The van der Waals surface area contributed by atoms with Crippen molar-refractivity contribution in [1.82, 2.24) is 10.2 Å². The number of carbonyl (C=O) groups is 1. The van der Waals surface area contributed by atoms with Crippen LogP contribution in [0.5, 0.6) is 11.5 Å². The van der Waals surface area contributed by atoms with Gasteiger partial charge in [-0.3, -0.25) is 0 Å². The number of rotatable bonds is 6. The fourth-order valence-electron chi connectivity index (χ4n) is 4.18. The van der Waals surface area contributed by atoms with E-state index in [1.807, 2.05) is 29.2 Å². The first-order valence-corrected chi connectivity index (χ1v) is 10.8. The molecular formula is C24H31N3O3. The standard InChI is InChI=1S/C24H31N3O3/c1-25-24(28)27-14-13-26(17-20(27)15-18-7-4-3-5-8-18)19-11-12-22(29-2)23(16-19)30-21-9-6-10-21/h3-5,7-8,11-12,16,20-21H,6,9-10,13-15,17H2,1-2H3,(H,25,28)/t20-/m0/s1. The molecule has 1 saturated carbocycles. The van der Waals surface area contributed by atoms with Crippen LogP contribution >= 0.6 is 0 Å². The number of carbonyl (C=O) groups excluding carboxylic acids is 1. The van der Waals surface area contributed by atoms with Crippen molar-refractivity contribution in [2.45, 2.75) is 37.8 Å². The molecule has 0 spiro atoms. The Kier molecular flexibility index (Phi) is 6.31. The third kappa shape index (κ3) is 4.48. The first kappa shape index (κ1) is 20.4. The average molecular weight is 410 g/mol. The lowest BCUT2D eigenvalue weighted by Crippen LogP contribution is -2.58. The van der Waals surface area contributed by atoms with Crippen LogP contribution in [0.3, 0.4) is 0 Å². The lowest BCUT2D eigenvalue weighted by Gasteiger charge is -2.42. The van der Waals surface area contributed by atoms with E-state index in [4.69, 9.17) is 9.47 Å². The molecule has 0 unspecified atom stereocenters. The Balaban J connectivity index is 1.54. The molecule has 4 rings (SSSR count). The topological polar surface area (TPSA) is 54.0 Å². The van der Waals surface area contributed by atoms with E-state index in [1.54, 1.807) is 14.2 Å². The van der Waals surface area contributed by atoms with Gasteiger partial charge in [0.15, 0.2) is 11.5 Å². The molecule has 2 aliphatic rings. The summed E-state index contributed by atoms with van der Waals surface area (Å²) in [5.74, 6) is 1.59. The van der Waals surface area contributed by atoms with Crippen molar-refractivity contribution in [3.05, 3.63) is 54.1 Å². The molecule has 1 aliphatic heterocycles. The highest BCUT2D eigenvalue weighted by Gasteiger charge is 2.31. The Hall–Kier alpha value is -2.89. The summed E-state index contributed by atoms with van der Waals surface area (Å²) in [6.07, 6.45) is 4.57. The third-order valence-electron chi connectivity index (χ3n) is 6.13. The molecule has 0 radical (unpaired) electrons. The minimum Gasteiger partial charge on any atom is -0.493 e. The fourth-order valence-corrected chi connectivity index (χ4v) is 4.18. The average Bonchev–Trinajstić information content (AvgIpc) is 2.76. The van der Waals surface area contributed by atoms with Gasteiger partial charge in [0.2, 0.25) is 0 Å². The number of hydrogen-bond acceptors (Lipinski definition) is 4. The van der Waals surface area contributed by atoms with Crippen molar-refractivity contribution in [3.63, 3.8) is 0 Å². The van der Waals surface area contributed by atoms with E-state index >= 15 is 0 Å². The van der Waals surface area contributed by atoms with Gasteiger partial charge in [-0.05, 0) is 43.4 Å². The smallest absolute Gasteiger partial charge is 0.317 e. The highest BCUT2D eigenvalue weighted by molar-refractivity contribution is 5.74. The second-order valence-corrected chi connectivity index (χ2v) is 8.04. The summed E-state index contributed by atoms with van der Waals surface area (Å²) in [4.78, 5) is 16.8. The SMILES string of the molecule is CNC(=O)N1CCN(c2ccc(OC)c(OC3CCC3)c2)C[C@@H]1Cc1ccccc1. The van der Waals surface area contributed by atoms with E-state index < -0.39 is 0 Å². The number of piperazine rings is 1. The molecule has 1 saturated heterocycles. The van der Waals surface area contributed by atoms with E-state index in [2.05, 4.69) is 34.5 Å². The van der Waals surface area contributed by atoms with Crippen molar-refractivity contribution < 1.29 is 14.3 Å². The van der Waals surface area contributed by atoms with E-state index in [1.165, 1.54) is 12.0 Å². The zero-order chi connectivity index (χ0) is 20.9. The highest BCUT2D eigenvalue weighted by atomic mass is 16.5. The molecule has 1 N–H and O–H groups in total. The maximum absolute atomic E-state index is 12.5. The minimum absolute atomic E-state index is 0.0145. The Labute approximate surface area is 178 Å². The van der Waals surface area contributed by atoms with Crippen LogP contribution in [0.15, 0.2) is 48.5 Å². The van der Waals surface area contributed by atoms with Gasteiger partial charge in [-0.15, -0.1) is 0 Å². The van der Waals surface area contributed by atoms with Crippen LogP contribution in [-0.4, -0.2) is 56.9 Å². The van der Waals surface area contributed by atoms with Crippen LogP contribution in [0, 0.1) is 0 Å². The van der Waals surface area contributed by atoms with Gasteiger partial charge in [0.25, 0.3) is 0 Å². The molecule has 2 fully saturated rings. The molecule has 1 aliphatic carbocycles. The highest BCUT2D eigenvalue weighted by Crippen LogP contribution is 2.36. The third-order valence-corrected chi connectivity index (χ3v) is 6.13. The van der Waals surface area contributed by atoms with Crippen molar-refractivity contribution in [2.24, 2.45) is 0 Å². The summed E-state index contributed by atoms with van der Waals surface area (Å²) in [6, 6.07) is 16.6. The summed E-state index contributed by atoms with van der Waals surface area (Å²) in [5.41, 5.74) is 2.35. The van der Waals surface area contributed by atoms with Crippen molar-refractivity contribution in [2.75, 3.05) is 38.7 Å². The second-order valence-electron chi connectivity index (χ2n) is 8.04. The van der Waals surface area contributed by atoms with Crippen LogP contribution < -0.4 is 19.7 Å². The zero-order valence-electron chi connectivity index (χ0n) is 17.8. The normalized spacial score (nSPS) is 19.2. The van der Waals surface area contributed by atoms with Crippen molar-refractivity contribution in [3.8, 4) is 11.5 Å². The number of amides is 2. The Bertz CT molecular complexity index is 854. The van der Waals surface area contributed by atoms with Crippen LogP contribution in [0.1, 0.15) is 24.8 Å². The number of benzene rings is 2. The number of nitrogens with one attached hydrogen (secondary N) is 1. The maximum Gasteiger partial charge on any atom is 0.317 e. The molecular weight excluding hydrogens is 378 g/mol. The first-order valence-electron chi connectivity index (χ1n) is 10.8. The number of anilines is 1. The van der Waals surface area contributed by atoms with Gasteiger partial charge in [0.1, 0.15) is 0 Å². The van der Waals surface area contributed by atoms with Crippen LogP contribution in [-0.2, 0) is 6.42 Å². The molecule has 0 aromatic heterocycles. The van der Waals surface area contributed by atoms with Crippen LogP contribution in [0.25, 0.3) is 0 Å². The van der Waals surface area contributed by atoms with Crippen molar-refractivity contribution in [1.29, 1.82) is 0 Å². The van der Waals surface area contributed by atoms with E-state index in [0.29, 0.717) is 12.6 Å². The monoisotopic (exact) mass is 409 g/mol. The molecule has 2 aromatic carbocycles. The van der Waals surface area contributed by atoms with Gasteiger partial charge in [-0.25, -0.2) is 4.79 Å². The molecule has 2 amide bonds. The summed E-state index contributed by atoms with van der Waals surface area (Å²) in [5, 5.41) is 2.80. The van der Waals surface area contributed by atoms with Gasteiger partial charge >= 0.3 is 6.03 Å². The van der Waals surface area contributed by atoms with Gasteiger partial charge in [-0.1, -0.05) is 30.3 Å². The van der Waals surface area contributed by atoms with E-state index in [9.17, 15) is 4.79 Å². The van der Waals surface area contributed by atoms with Crippen LogP contribution in [0.2, 0.25) is 0 Å². The zero-order valence-corrected chi connectivity index (χ0v) is 17.8. The van der Waals surface area contributed by atoms with Crippen LogP contribution in [0.4, 0.5) is 10.5 Å². The van der Waals surface area contributed by atoms with Gasteiger partial charge in [-0.2, -0.15) is 0 Å². The molecule has 2 aromatic rings. The Morgan fingerprint density at radius 3 is 2.57 bits per heavy atom. The first-order chi connectivity index (χ1) is 14.7. The number of ether oxygens (including phenoxy) is 2. The molecule has 1 heterocycles.